The number of hydrogen-bond acceptors (Lipinski definition) is 3. The molecule has 1 heterocycles. The molecule has 1 aliphatic heterocycles. The maximum atomic E-state index is 9.35. The van der Waals surface area contributed by atoms with Crippen molar-refractivity contribution < 1.29 is 5.11 Å². The molecule has 0 aromatic rings. The Kier molecular flexibility index (Phi) is 6.61. The lowest BCUT2D eigenvalue weighted by Gasteiger charge is -2.34. The second kappa shape index (κ2) is 7.46. The van der Waals surface area contributed by atoms with Crippen LogP contribution in [0.3, 0.4) is 0 Å². The maximum absolute atomic E-state index is 9.35. The highest BCUT2D eigenvalue weighted by Crippen LogP contribution is 2.24. The lowest BCUT2D eigenvalue weighted by molar-refractivity contribution is 0.143. The monoisotopic (exact) mass is 256 g/mol. The van der Waals surface area contributed by atoms with E-state index in [0.29, 0.717) is 24.1 Å². The Morgan fingerprint density at radius 2 is 2.11 bits per heavy atom. The molecule has 2 unspecified atom stereocenters. The van der Waals surface area contributed by atoms with E-state index in [2.05, 4.69) is 37.9 Å². The summed E-state index contributed by atoms with van der Waals surface area (Å²) in [5.41, 5.74) is 0.309. The van der Waals surface area contributed by atoms with Gasteiger partial charge in [0.15, 0.2) is 0 Å². The van der Waals surface area contributed by atoms with E-state index in [0.717, 1.165) is 19.6 Å². The van der Waals surface area contributed by atoms with Gasteiger partial charge in [-0.3, -0.25) is 4.90 Å². The molecule has 3 nitrogen and oxygen atoms in total. The smallest absolute Gasteiger partial charge is 0.0586 e. The van der Waals surface area contributed by atoms with Crippen LogP contribution < -0.4 is 5.32 Å². The van der Waals surface area contributed by atoms with Gasteiger partial charge in [0.05, 0.1) is 6.61 Å². The van der Waals surface area contributed by atoms with E-state index >= 15 is 0 Å². The number of hydrogen-bond donors (Lipinski definition) is 2. The van der Waals surface area contributed by atoms with Gasteiger partial charge >= 0.3 is 0 Å². The normalized spacial score (nSPS) is 23.5. The second-order valence-corrected chi connectivity index (χ2v) is 6.68. The molecule has 0 saturated carbocycles. The molecule has 3 heteroatoms. The van der Waals surface area contributed by atoms with Crippen molar-refractivity contribution in [3.63, 3.8) is 0 Å². The average molecular weight is 256 g/mol. The first-order valence-corrected chi connectivity index (χ1v) is 7.57. The highest BCUT2D eigenvalue weighted by Gasteiger charge is 2.27. The quantitative estimate of drug-likeness (QED) is 0.733. The van der Waals surface area contributed by atoms with Crippen LogP contribution in [0.2, 0.25) is 0 Å². The Balaban J connectivity index is 2.41. The Morgan fingerprint density at radius 3 is 2.67 bits per heavy atom. The molecule has 2 N–H and O–H groups in total. The van der Waals surface area contributed by atoms with E-state index in [-0.39, 0.29) is 0 Å². The second-order valence-electron chi connectivity index (χ2n) is 6.68. The predicted molar refractivity (Wildman–Crippen MR) is 77.8 cm³/mol. The lowest BCUT2D eigenvalue weighted by Crippen LogP contribution is -2.44. The Bertz CT molecular complexity index is 225. The zero-order chi connectivity index (χ0) is 13.6. The van der Waals surface area contributed by atoms with Crippen molar-refractivity contribution >= 4 is 0 Å². The molecule has 108 valence electrons. The van der Waals surface area contributed by atoms with Crippen molar-refractivity contribution in [1.29, 1.82) is 0 Å². The lowest BCUT2D eigenvalue weighted by atomic mass is 9.84. The Morgan fingerprint density at radius 1 is 1.39 bits per heavy atom. The number of aliphatic hydroxyl groups is 1. The number of likely N-dealkylation sites (tertiary alicyclic amines) is 1. The van der Waals surface area contributed by atoms with Crippen LogP contribution in [0.25, 0.3) is 0 Å². The number of nitrogens with zero attached hydrogens (tertiary/aromatic N) is 1. The van der Waals surface area contributed by atoms with Crippen LogP contribution in [0.4, 0.5) is 0 Å². The summed E-state index contributed by atoms with van der Waals surface area (Å²) >= 11 is 0. The fourth-order valence-corrected chi connectivity index (χ4v) is 2.85. The van der Waals surface area contributed by atoms with Crippen LogP contribution in [0.15, 0.2) is 0 Å². The molecule has 0 bridgehead atoms. The fourth-order valence-electron chi connectivity index (χ4n) is 2.85. The van der Waals surface area contributed by atoms with Crippen LogP contribution in [-0.4, -0.2) is 48.3 Å². The summed E-state index contributed by atoms with van der Waals surface area (Å²) in [5, 5.41) is 13.0. The van der Waals surface area contributed by atoms with Gasteiger partial charge < -0.3 is 10.4 Å². The summed E-state index contributed by atoms with van der Waals surface area (Å²) < 4.78 is 0. The summed E-state index contributed by atoms with van der Waals surface area (Å²) in [6.07, 6.45) is 4.78. The molecular formula is C15H32N2O. The predicted octanol–water partition coefficient (Wildman–Crippen LogP) is 2.25. The topological polar surface area (TPSA) is 35.5 Å². The van der Waals surface area contributed by atoms with Gasteiger partial charge in [-0.25, -0.2) is 0 Å². The first kappa shape index (κ1) is 15.9. The van der Waals surface area contributed by atoms with Gasteiger partial charge in [-0.2, -0.15) is 0 Å². The molecule has 0 aromatic carbocycles. The zero-order valence-corrected chi connectivity index (χ0v) is 12.7. The van der Waals surface area contributed by atoms with E-state index in [1.807, 2.05) is 0 Å². The van der Waals surface area contributed by atoms with Crippen LogP contribution in [0, 0.1) is 5.41 Å². The van der Waals surface area contributed by atoms with Crippen LogP contribution >= 0.6 is 0 Å². The standard InChI is InChI=1S/C15H32N2O/c1-5-9-16-14(15(2,3)4)8-11-17-10-6-7-13(17)12-18/h13-14,16,18H,5-12H2,1-4H3. The summed E-state index contributed by atoms with van der Waals surface area (Å²) in [5.74, 6) is 0. The Hall–Kier alpha value is -0.120. The first-order valence-electron chi connectivity index (χ1n) is 7.57. The average Bonchev–Trinajstić information content (AvgIpc) is 2.74. The minimum absolute atomic E-state index is 0.309. The molecule has 0 radical (unpaired) electrons. The van der Waals surface area contributed by atoms with E-state index in [4.69, 9.17) is 0 Å². The SMILES string of the molecule is CCCNC(CCN1CCCC1CO)C(C)(C)C. The van der Waals surface area contributed by atoms with Gasteiger partial charge in [0.25, 0.3) is 0 Å². The van der Waals surface area contributed by atoms with Gasteiger partial charge in [0, 0.05) is 18.6 Å². The minimum Gasteiger partial charge on any atom is -0.395 e. The summed E-state index contributed by atoms with van der Waals surface area (Å²) in [6, 6.07) is 0.981. The third kappa shape index (κ3) is 4.87. The van der Waals surface area contributed by atoms with Crippen molar-refractivity contribution in [1.82, 2.24) is 10.2 Å². The molecule has 1 saturated heterocycles. The van der Waals surface area contributed by atoms with Crippen molar-refractivity contribution in [2.24, 2.45) is 5.41 Å². The summed E-state index contributed by atoms with van der Waals surface area (Å²) in [6.45, 7) is 12.9. The van der Waals surface area contributed by atoms with Crippen LogP contribution in [0.5, 0.6) is 0 Å². The third-order valence-electron chi connectivity index (χ3n) is 4.10. The van der Waals surface area contributed by atoms with Crippen molar-refractivity contribution in [3.05, 3.63) is 0 Å². The highest BCUT2D eigenvalue weighted by molar-refractivity contribution is 4.84. The van der Waals surface area contributed by atoms with E-state index in [9.17, 15) is 5.11 Å². The molecule has 18 heavy (non-hydrogen) atoms. The van der Waals surface area contributed by atoms with Crippen molar-refractivity contribution in [2.45, 2.75) is 65.5 Å². The number of nitrogens with one attached hydrogen (secondary N) is 1. The minimum atomic E-state index is 0.309. The molecule has 1 aliphatic rings. The van der Waals surface area contributed by atoms with E-state index in [1.54, 1.807) is 0 Å². The molecule has 1 rings (SSSR count). The van der Waals surface area contributed by atoms with Gasteiger partial charge in [-0.1, -0.05) is 27.7 Å². The van der Waals surface area contributed by atoms with Crippen molar-refractivity contribution in [3.8, 4) is 0 Å². The molecule has 0 spiro atoms. The third-order valence-corrected chi connectivity index (χ3v) is 4.10. The molecule has 1 fully saturated rings. The van der Waals surface area contributed by atoms with E-state index in [1.165, 1.54) is 25.7 Å². The van der Waals surface area contributed by atoms with Gasteiger partial charge in [0.1, 0.15) is 0 Å². The van der Waals surface area contributed by atoms with E-state index < -0.39 is 0 Å². The van der Waals surface area contributed by atoms with Crippen LogP contribution in [0.1, 0.15) is 53.4 Å². The number of aliphatic hydroxyl groups excluding tert-OH is 1. The van der Waals surface area contributed by atoms with Crippen molar-refractivity contribution in [2.75, 3.05) is 26.2 Å². The highest BCUT2D eigenvalue weighted by atomic mass is 16.3. The van der Waals surface area contributed by atoms with Crippen LogP contribution in [-0.2, 0) is 0 Å². The summed E-state index contributed by atoms with van der Waals surface area (Å²) in [4.78, 5) is 2.46. The fraction of sp³-hybridized carbons (Fsp3) is 1.00. The molecule has 0 amide bonds. The maximum Gasteiger partial charge on any atom is 0.0586 e. The van der Waals surface area contributed by atoms with Gasteiger partial charge in [-0.05, 0) is 44.2 Å². The van der Waals surface area contributed by atoms with Gasteiger partial charge in [-0.15, -0.1) is 0 Å². The first-order chi connectivity index (χ1) is 8.49. The largest absolute Gasteiger partial charge is 0.395 e. The zero-order valence-electron chi connectivity index (χ0n) is 12.7. The molecule has 0 aromatic heterocycles. The number of rotatable bonds is 7. The molecule has 0 aliphatic carbocycles. The molecular weight excluding hydrogens is 224 g/mol. The Labute approximate surface area is 113 Å². The van der Waals surface area contributed by atoms with Gasteiger partial charge in [0.2, 0.25) is 0 Å². The molecule has 2 atom stereocenters. The summed E-state index contributed by atoms with van der Waals surface area (Å²) in [7, 11) is 0.